The highest BCUT2D eigenvalue weighted by molar-refractivity contribution is 5.79. The second kappa shape index (κ2) is 8.17. The zero-order valence-corrected chi connectivity index (χ0v) is 16.1. The van der Waals surface area contributed by atoms with Crippen LogP contribution < -0.4 is 4.90 Å². The number of hydrogen-bond acceptors (Lipinski definition) is 4. The molecule has 0 spiro atoms. The summed E-state index contributed by atoms with van der Waals surface area (Å²) in [4.78, 5) is 20.2. The minimum absolute atomic E-state index is 0.0295. The molecule has 0 aliphatic carbocycles. The van der Waals surface area contributed by atoms with Crippen LogP contribution in [-0.4, -0.2) is 51.8 Å². The van der Waals surface area contributed by atoms with Crippen molar-refractivity contribution in [3.63, 3.8) is 0 Å². The normalized spacial score (nSPS) is 14.8. The molecule has 3 aromatic rings. The van der Waals surface area contributed by atoms with E-state index in [4.69, 9.17) is 0 Å². The molecule has 1 aliphatic heterocycles. The molecule has 0 N–H and O–H groups in total. The fourth-order valence-electron chi connectivity index (χ4n) is 3.40. The predicted octanol–water partition coefficient (Wildman–Crippen LogP) is 3.18. The third-order valence-electron chi connectivity index (χ3n) is 5.09. The van der Waals surface area contributed by atoms with Gasteiger partial charge < -0.3 is 9.80 Å². The van der Waals surface area contributed by atoms with Gasteiger partial charge in [0.05, 0.1) is 17.7 Å². The molecule has 0 saturated carbocycles. The number of amides is 1. The van der Waals surface area contributed by atoms with Crippen LogP contribution in [0, 0.1) is 0 Å². The van der Waals surface area contributed by atoms with E-state index in [9.17, 15) is 18.0 Å². The smallest absolute Gasteiger partial charge is 0.353 e. The van der Waals surface area contributed by atoms with Crippen molar-refractivity contribution in [3.8, 4) is 5.69 Å². The first-order valence-corrected chi connectivity index (χ1v) is 9.55. The molecule has 4 rings (SSSR count). The number of halogens is 3. The minimum Gasteiger partial charge on any atom is -0.353 e. The summed E-state index contributed by atoms with van der Waals surface area (Å²) in [6.07, 6.45) is 0.313. The van der Waals surface area contributed by atoms with Gasteiger partial charge in [0.25, 0.3) is 0 Å². The summed E-state index contributed by atoms with van der Waals surface area (Å²) >= 11 is 0. The number of carbonyl (C=O) groups is 1. The summed E-state index contributed by atoms with van der Waals surface area (Å²) in [7, 11) is 0. The van der Waals surface area contributed by atoms with E-state index in [1.54, 1.807) is 15.8 Å². The van der Waals surface area contributed by atoms with E-state index in [-0.39, 0.29) is 5.91 Å². The molecule has 1 aliphatic rings. The van der Waals surface area contributed by atoms with E-state index in [0.29, 0.717) is 38.4 Å². The molecule has 2 aromatic heterocycles. The average Bonchev–Trinajstić information content (AvgIpc) is 3.29. The van der Waals surface area contributed by atoms with Crippen molar-refractivity contribution < 1.29 is 18.0 Å². The molecule has 1 amide bonds. The summed E-state index contributed by atoms with van der Waals surface area (Å²) in [5.41, 5.74) is 1.08. The summed E-state index contributed by atoms with van der Waals surface area (Å²) in [5.74, 6) is 0.520. The molecule has 30 heavy (non-hydrogen) atoms. The number of aromatic nitrogens is 3. The van der Waals surface area contributed by atoms with Crippen molar-refractivity contribution in [1.29, 1.82) is 0 Å². The van der Waals surface area contributed by atoms with Gasteiger partial charge >= 0.3 is 6.18 Å². The summed E-state index contributed by atoms with van der Waals surface area (Å²) < 4.78 is 39.8. The third kappa shape index (κ3) is 4.45. The highest BCUT2D eigenvalue weighted by Crippen LogP contribution is 2.29. The van der Waals surface area contributed by atoms with E-state index in [1.807, 2.05) is 41.4 Å². The third-order valence-corrected chi connectivity index (χ3v) is 5.09. The first-order chi connectivity index (χ1) is 14.4. The molecule has 1 saturated heterocycles. The molecule has 9 heteroatoms. The number of piperazine rings is 1. The van der Waals surface area contributed by atoms with Gasteiger partial charge in [-0.3, -0.25) is 4.79 Å². The van der Waals surface area contributed by atoms with Gasteiger partial charge in [-0.1, -0.05) is 12.1 Å². The number of anilines is 1. The van der Waals surface area contributed by atoms with E-state index in [2.05, 4.69) is 10.1 Å². The van der Waals surface area contributed by atoms with Crippen molar-refractivity contribution in [2.75, 3.05) is 31.1 Å². The number of pyridine rings is 1. The second-order valence-electron chi connectivity index (χ2n) is 7.06. The zero-order chi connectivity index (χ0) is 21.1. The monoisotopic (exact) mass is 415 g/mol. The van der Waals surface area contributed by atoms with Crippen LogP contribution in [0.5, 0.6) is 0 Å². The van der Waals surface area contributed by atoms with Crippen molar-refractivity contribution in [3.05, 3.63) is 72.2 Å². The highest BCUT2D eigenvalue weighted by Gasteiger charge is 2.31. The Bertz CT molecular complexity index is 977. The van der Waals surface area contributed by atoms with Crippen molar-refractivity contribution >= 4 is 11.7 Å². The summed E-state index contributed by atoms with van der Waals surface area (Å²) in [6.45, 7) is 2.07. The molecule has 0 radical (unpaired) electrons. The lowest BCUT2D eigenvalue weighted by Gasteiger charge is -2.35. The Balaban J connectivity index is 1.31. The minimum atomic E-state index is -4.40. The Hall–Kier alpha value is -3.36. The Morgan fingerprint density at radius 2 is 1.73 bits per heavy atom. The van der Waals surface area contributed by atoms with Gasteiger partial charge in [0.2, 0.25) is 5.91 Å². The maximum atomic E-state index is 12.7. The predicted molar refractivity (Wildman–Crippen MR) is 105 cm³/mol. The van der Waals surface area contributed by atoms with Crippen molar-refractivity contribution in [2.24, 2.45) is 0 Å². The molecular formula is C21H20F3N5O. The largest absolute Gasteiger partial charge is 0.417 e. The average molecular weight is 415 g/mol. The number of alkyl halides is 3. The van der Waals surface area contributed by atoms with Gasteiger partial charge in [0, 0.05) is 44.8 Å². The van der Waals surface area contributed by atoms with Crippen molar-refractivity contribution in [2.45, 2.75) is 12.6 Å². The molecule has 1 fully saturated rings. The molecule has 0 atom stereocenters. The van der Waals surface area contributed by atoms with Crippen LogP contribution in [0.1, 0.15) is 11.1 Å². The van der Waals surface area contributed by atoms with Crippen LogP contribution in [0.4, 0.5) is 19.0 Å². The fourth-order valence-corrected chi connectivity index (χ4v) is 3.40. The number of hydrogen-bond donors (Lipinski definition) is 0. The van der Waals surface area contributed by atoms with E-state index >= 15 is 0 Å². The van der Waals surface area contributed by atoms with E-state index in [1.165, 1.54) is 6.07 Å². The molecule has 156 valence electrons. The highest BCUT2D eigenvalue weighted by atomic mass is 19.4. The quantitative estimate of drug-likeness (QED) is 0.657. The Morgan fingerprint density at radius 3 is 2.30 bits per heavy atom. The molecular weight excluding hydrogens is 395 g/mol. The number of rotatable bonds is 4. The van der Waals surface area contributed by atoms with Crippen LogP contribution >= 0.6 is 0 Å². The lowest BCUT2D eigenvalue weighted by molar-refractivity contribution is -0.137. The molecule has 0 bridgehead atoms. The second-order valence-corrected chi connectivity index (χ2v) is 7.06. The van der Waals surface area contributed by atoms with Crippen LogP contribution in [0.15, 0.2) is 61.1 Å². The van der Waals surface area contributed by atoms with Gasteiger partial charge in [0.15, 0.2) is 0 Å². The van der Waals surface area contributed by atoms with Crippen LogP contribution in [0.25, 0.3) is 5.69 Å². The maximum absolute atomic E-state index is 12.7. The topological polar surface area (TPSA) is 54.3 Å². The van der Waals surface area contributed by atoms with Gasteiger partial charge in [-0.2, -0.15) is 18.3 Å². The van der Waals surface area contributed by atoms with Gasteiger partial charge in [0.1, 0.15) is 5.82 Å². The lowest BCUT2D eigenvalue weighted by atomic mass is 10.1. The zero-order valence-electron chi connectivity index (χ0n) is 16.1. The van der Waals surface area contributed by atoms with Gasteiger partial charge in [-0.05, 0) is 35.9 Å². The van der Waals surface area contributed by atoms with Gasteiger partial charge in [-0.15, -0.1) is 0 Å². The van der Waals surface area contributed by atoms with Crippen LogP contribution in [-0.2, 0) is 17.4 Å². The molecule has 3 heterocycles. The Labute approximate surface area is 171 Å². The molecule has 1 aromatic carbocycles. The molecule has 6 nitrogen and oxygen atoms in total. The Kier molecular flexibility index (Phi) is 5.43. The lowest BCUT2D eigenvalue weighted by Crippen LogP contribution is -2.49. The maximum Gasteiger partial charge on any atom is 0.417 e. The van der Waals surface area contributed by atoms with E-state index in [0.717, 1.165) is 23.5 Å². The van der Waals surface area contributed by atoms with Gasteiger partial charge in [-0.25, -0.2) is 9.67 Å². The summed E-state index contributed by atoms with van der Waals surface area (Å²) in [6, 6.07) is 11.9. The molecule has 0 unspecified atom stereocenters. The number of carbonyl (C=O) groups excluding carboxylic acids is 1. The van der Waals surface area contributed by atoms with Crippen LogP contribution in [0.3, 0.4) is 0 Å². The van der Waals surface area contributed by atoms with Crippen molar-refractivity contribution in [1.82, 2.24) is 19.7 Å². The number of nitrogens with zero attached hydrogens (tertiary/aromatic N) is 5. The SMILES string of the molecule is O=C(Cc1ccc(-n2cccn2)cc1)N1CCN(c2ccc(C(F)(F)F)cn2)CC1. The summed E-state index contributed by atoms with van der Waals surface area (Å²) in [5, 5.41) is 4.18. The number of benzene rings is 1. The first kappa shape index (κ1) is 19.9. The first-order valence-electron chi connectivity index (χ1n) is 9.55. The van der Waals surface area contributed by atoms with Crippen LogP contribution in [0.2, 0.25) is 0 Å². The van der Waals surface area contributed by atoms with E-state index < -0.39 is 11.7 Å². The Morgan fingerprint density at radius 1 is 1.00 bits per heavy atom. The standard InChI is InChI=1S/C21H20F3N5O/c22-21(23,24)17-4-7-19(25-15-17)27-10-12-28(13-11-27)20(30)14-16-2-5-18(6-3-16)29-9-1-8-26-29/h1-9,15H,10-14H2. The fraction of sp³-hybridized carbons (Fsp3) is 0.286.